The molecule has 0 aromatic carbocycles. The third kappa shape index (κ3) is 22.5. The van der Waals surface area contributed by atoms with Gasteiger partial charge in [0.15, 0.2) is 0 Å². The van der Waals surface area contributed by atoms with Crippen molar-refractivity contribution >= 4 is 45.5 Å². The molecular weight excluding hydrogens is 337 g/mol. The Bertz CT molecular complexity index is 388. The minimum atomic E-state index is -3.93. The van der Waals surface area contributed by atoms with Crippen molar-refractivity contribution in [3.63, 3.8) is 0 Å². The molecule has 0 radical (unpaired) electrons. The minimum absolute atomic E-state index is 0. The molecule has 140 valence electrons. The summed E-state index contributed by atoms with van der Waals surface area (Å²) in [4.78, 5) is 11.6. The molecule has 0 aliphatic rings. The Labute approximate surface area is 170 Å². The summed E-state index contributed by atoms with van der Waals surface area (Å²) in [6.07, 6.45) is 14.4. The molecule has 0 saturated heterocycles. The van der Waals surface area contributed by atoms with E-state index in [-0.39, 0.29) is 54.2 Å². The van der Waals surface area contributed by atoms with Crippen molar-refractivity contribution < 1.29 is 17.8 Å². The molecular formula is C17H36NNaO4S. The maximum absolute atomic E-state index is 11.6. The van der Waals surface area contributed by atoms with Crippen molar-refractivity contribution in [2.24, 2.45) is 0 Å². The average molecular weight is 374 g/mol. The van der Waals surface area contributed by atoms with Gasteiger partial charge >= 0.3 is 29.6 Å². The van der Waals surface area contributed by atoms with Gasteiger partial charge in [-0.1, -0.05) is 71.1 Å². The van der Waals surface area contributed by atoms with Gasteiger partial charge in [-0.3, -0.25) is 9.35 Å². The molecule has 0 aliphatic heterocycles. The molecule has 0 unspecified atom stereocenters. The topological polar surface area (TPSA) is 83.5 Å². The number of carbonyl (C=O) groups excluding carboxylic acids is 1. The van der Waals surface area contributed by atoms with Crippen LogP contribution in [0.3, 0.4) is 0 Å². The van der Waals surface area contributed by atoms with Gasteiger partial charge in [-0.2, -0.15) is 8.42 Å². The van der Waals surface area contributed by atoms with Gasteiger partial charge in [-0.25, -0.2) is 0 Å². The molecule has 0 amide bonds. The number of ketones is 1. The molecule has 24 heavy (non-hydrogen) atoms. The first-order valence-corrected chi connectivity index (χ1v) is 10.7. The molecule has 7 heteroatoms. The molecule has 2 N–H and O–H groups in total. The summed E-state index contributed by atoms with van der Waals surface area (Å²) in [6, 6.07) is 0. The fourth-order valence-electron chi connectivity index (χ4n) is 2.50. The van der Waals surface area contributed by atoms with Gasteiger partial charge < -0.3 is 5.32 Å². The zero-order valence-corrected chi connectivity index (χ0v) is 15.5. The second kappa shape index (κ2) is 18.3. The number of nitrogens with one attached hydrogen (secondary N) is 1. The van der Waals surface area contributed by atoms with E-state index in [1.807, 2.05) is 0 Å². The quantitative estimate of drug-likeness (QED) is 0.233. The van der Waals surface area contributed by atoms with E-state index in [1.165, 1.54) is 57.8 Å². The molecule has 0 aliphatic carbocycles. The van der Waals surface area contributed by atoms with E-state index in [4.69, 9.17) is 4.55 Å². The van der Waals surface area contributed by atoms with Crippen LogP contribution in [-0.2, 0) is 14.9 Å². The number of hydrogen-bond acceptors (Lipinski definition) is 4. The monoisotopic (exact) mass is 373 g/mol. The van der Waals surface area contributed by atoms with E-state index >= 15 is 0 Å². The molecule has 0 heterocycles. The van der Waals surface area contributed by atoms with Crippen molar-refractivity contribution in [2.75, 3.05) is 18.8 Å². The fourth-order valence-corrected chi connectivity index (χ4v) is 2.91. The van der Waals surface area contributed by atoms with Gasteiger partial charge in [-0.05, 0) is 6.42 Å². The van der Waals surface area contributed by atoms with Crippen molar-refractivity contribution in [1.29, 1.82) is 0 Å². The summed E-state index contributed by atoms with van der Waals surface area (Å²) in [5, 5.41) is 2.74. The predicted molar refractivity (Wildman–Crippen MR) is 103 cm³/mol. The first-order valence-electron chi connectivity index (χ1n) is 9.13. The SMILES string of the molecule is CCCCCCCCCCCCCC(=O)CNCCS(=O)(=O)O.[NaH]. The Balaban J connectivity index is 0. The van der Waals surface area contributed by atoms with Crippen molar-refractivity contribution in [2.45, 2.75) is 84.0 Å². The Morgan fingerprint density at radius 2 is 1.33 bits per heavy atom. The van der Waals surface area contributed by atoms with Gasteiger partial charge in [0.05, 0.1) is 12.3 Å². The van der Waals surface area contributed by atoms with Gasteiger partial charge in [0.25, 0.3) is 10.1 Å². The van der Waals surface area contributed by atoms with Crippen LogP contribution in [0.15, 0.2) is 0 Å². The van der Waals surface area contributed by atoms with Crippen LogP contribution >= 0.6 is 0 Å². The van der Waals surface area contributed by atoms with E-state index in [0.717, 1.165) is 12.8 Å². The molecule has 0 fully saturated rings. The maximum atomic E-state index is 11.6. The van der Waals surface area contributed by atoms with E-state index in [2.05, 4.69) is 12.2 Å². The summed E-state index contributed by atoms with van der Waals surface area (Å²) in [7, 11) is -3.93. The number of rotatable bonds is 17. The zero-order chi connectivity index (χ0) is 17.4. The van der Waals surface area contributed by atoms with Crippen LogP contribution in [0.1, 0.15) is 84.0 Å². The van der Waals surface area contributed by atoms with Crippen molar-refractivity contribution in [1.82, 2.24) is 5.32 Å². The number of Topliss-reactive ketones (excluding diaryl/α,β-unsaturated/α-hetero) is 1. The first kappa shape index (κ1) is 26.8. The molecule has 5 nitrogen and oxygen atoms in total. The van der Waals surface area contributed by atoms with Gasteiger partial charge in [-0.15, -0.1) is 0 Å². The Hall–Kier alpha value is 0.540. The summed E-state index contributed by atoms with van der Waals surface area (Å²) >= 11 is 0. The Morgan fingerprint density at radius 1 is 0.875 bits per heavy atom. The van der Waals surface area contributed by atoms with Crippen LogP contribution in [0.25, 0.3) is 0 Å². The summed E-state index contributed by atoms with van der Waals surface area (Å²) in [5.41, 5.74) is 0. The van der Waals surface area contributed by atoms with Gasteiger partial charge in [0.1, 0.15) is 5.78 Å². The Morgan fingerprint density at radius 3 is 1.79 bits per heavy atom. The van der Waals surface area contributed by atoms with Crippen LogP contribution in [0.4, 0.5) is 0 Å². The summed E-state index contributed by atoms with van der Waals surface area (Å²) < 4.78 is 29.5. The fraction of sp³-hybridized carbons (Fsp3) is 0.941. The molecule has 0 aromatic rings. The van der Waals surface area contributed by atoms with Crippen molar-refractivity contribution in [3.05, 3.63) is 0 Å². The van der Waals surface area contributed by atoms with E-state index < -0.39 is 10.1 Å². The second-order valence-electron chi connectivity index (χ2n) is 6.29. The number of carbonyl (C=O) groups is 1. The molecule has 0 aromatic heterocycles. The summed E-state index contributed by atoms with van der Waals surface area (Å²) in [5.74, 6) is -0.241. The Kier molecular flexibility index (Phi) is 20.4. The first-order chi connectivity index (χ1) is 11.0. The molecule has 0 saturated carbocycles. The van der Waals surface area contributed by atoms with Crippen LogP contribution < -0.4 is 5.32 Å². The molecule has 0 rings (SSSR count). The molecule has 0 atom stereocenters. The third-order valence-corrected chi connectivity index (χ3v) is 4.64. The molecule has 0 bridgehead atoms. The third-order valence-electron chi connectivity index (χ3n) is 3.92. The van der Waals surface area contributed by atoms with Crippen LogP contribution in [0.5, 0.6) is 0 Å². The van der Waals surface area contributed by atoms with E-state index in [9.17, 15) is 13.2 Å². The van der Waals surface area contributed by atoms with Crippen LogP contribution in [0, 0.1) is 0 Å². The van der Waals surface area contributed by atoms with E-state index in [1.54, 1.807) is 0 Å². The van der Waals surface area contributed by atoms with Gasteiger partial charge in [0.2, 0.25) is 0 Å². The standard InChI is InChI=1S/C17H35NO4S.Na.H/c1-2-3-4-5-6-7-8-9-10-11-12-13-17(19)16-18-14-15-23(20,21)22;;/h18H,2-16H2,1H3,(H,20,21,22);;. The van der Waals surface area contributed by atoms with E-state index in [0.29, 0.717) is 6.42 Å². The zero-order valence-electron chi connectivity index (χ0n) is 14.7. The van der Waals surface area contributed by atoms with Gasteiger partial charge in [0, 0.05) is 13.0 Å². The predicted octanol–water partition coefficient (Wildman–Crippen LogP) is 3.09. The normalized spacial score (nSPS) is 11.2. The average Bonchev–Trinajstić information content (AvgIpc) is 2.48. The second-order valence-corrected chi connectivity index (χ2v) is 7.86. The van der Waals surface area contributed by atoms with Crippen molar-refractivity contribution in [3.8, 4) is 0 Å². The number of hydrogen-bond donors (Lipinski definition) is 2. The van der Waals surface area contributed by atoms with Crippen LogP contribution in [-0.4, -0.2) is 67.2 Å². The molecule has 0 spiro atoms. The number of unbranched alkanes of at least 4 members (excludes halogenated alkanes) is 10. The summed E-state index contributed by atoms with van der Waals surface area (Å²) in [6.45, 7) is 2.54. The van der Waals surface area contributed by atoms with Crippen LogP contribution in [0.2, 0.25) is 0 Å².